The quantitative estimate of drug-likeness (QED) is 0.471. The molecular weight excluding hydrogens is 354 g/mol. The summed E-state index contributed by atoms with van der Waals surface area (Å²) in [6.45, 7) is 3.54. The van der Waals surface area contributed by atoms with E-state index in [2.05, 4.69) is 20.8 Å². The number of fused-ring (bicyclic) bond motifs is 1. The lowest BCUT2D eigenvalue weighted by molar-refractivity contribution is -0.385. The summed E-state index contributed by atoms with van der Waals surface area (Å²) in [4.78, 5) is 25.6. The molecule has 0 amide bonds. The van der Waals surface area contributed by atoms with Gasteiger partial charge in [-0.1, -0.05) is 5.10 Å². The van der Waals surface area contributed by atoms with Crippen LogP contribution in [0.25, 0.3) is 0 Å². The average Bonchev–Trinajstić information content (AvgIpc) is 3.07. The predicted octanol–water partition coefficient (Wildman–Crippen LogP) is 1.50. The Labute approximate surface area is 154 Å². The molecule has 142 valence electrons. The highest BCUT2D eigenvalue weighted by Crippen LogP contribution is 2.40. The highest BCUT2D eigenvalue weighted by atomic mass is 16.6. The van der Waals surface area contributed by atoms with Crippen LogP contribution < -0.4 is 10.2 Å². The summed E-state index contributed by atoms with van der Waals surface area (Å²) in [5.74, 6) is -0.295. The number of nitro groups is 1. The fourth-order valence-corrected chi connectivity index (χ4v) is 2.97. The first-order valence-electron chi connectivity index (χ1n) is 8.23. The molecule has 1 aromatic carbocycles. The van der Waals surface area contributed by atoms with Crippen LogP contribution in [0, 0.1) is 10.1 Å². The summed E-state index contributed by atoms with van der Waals surface area (Å²) in [6, 6.07) is 3.93. The zero-order valence-corrected chi connectivity index (χ0v) is 15.3. The van der Waals surface area contributed by atoms with Gasteiger partial charge in [0.15, 0.2) is 0 Å². The van der Waals surface area contributed by atoms with Gasteiger partial charge in [0, 0.05) is 31.5 Å². The molecule has 1 aromatic heterocycles. The maximum atomic E-state index is 12.6. The number of nitro benzene ring substituents is 1. The molecule has 1 aliphatic heterocycles. The molecule has 27 heavy (non-hydrogen) atoms. The van der Waals surface area contributed by atoms with Crippen LogP contribution in [0.15, 0.2) is 29.5 Å². The van der Waals surface area contributed by atoms with Gasteiger partial charge in [0.2, 0.25) is 5.95 Å². The number of ether oxygens (including phenoxy) is 1. The molecule has 0 spiro atoms. The van der Waals surface area contributed by atoms with E-state index in [1.54, 1.807) is 45.0 Å². The standard InChI is InChI=1S/C16H19N7O4/c1-5-27-15(24)13-9(2)17-16-18-19-20-22(16)14(13)11-7-6-10(21(3)4)8-12(11)23(25)26/h6-8,14H,5H2,1-4H3,(H,17,18,20). The van der Waals surface area contributed by atoms with Crippen molar-refractivity contribution in [1.29, 1.82) is 0 Å². The number of carbonyl (C=O) groups excluding carboxylic acids is 1. The summed E-state index contributed by atoms with van der Waals surface area (Å²) < 4.78 is 6.50. The number of hydrogen-bond acceptors (Lipinski definition) is 9. The molecule has 0 radical (unpaired) electrons. The number of carbonyl (C=O) groups is 1. The van der Waals surface area contributed by atoms with Crippen LogP contribution >= 0.6 is 0 Å². The van der Waals surface area contributed by atoms with Gasteiger partial charge in [0.25, 0.3) is 5.69 Å². The molecular formula is C16H19N7O4. The lowest BCUT2D eigenvalue weighted by Gasteiger charge is -2.27. The number of hydrogen-bond donors (Lipinski definition) is 1. The Hall–Kier alpha value is -3.50. The highest BCUT2D eigenvalue weighted by Gasteiger charge is 2.38. The van der Waals surface area contributed by atoms with Gasteiger partial charge >= 0.3 is 5.97 Å². The number of aromatic nitrogens is 4. The monoisotopic (exact) mass is 373 g/mol. The Bertz CT molecular complexity index is 935. The number of nitrogens with zero attached hydrogens (tertiary/aromatic N) is 6. The fourth-order valence-electron chi connectivity index (χ4n) is 2.97. The van der Waals surface area contributed by atoms with Crippen LogP contribution in [0.4, 0.5) is 17.3 Å². The molecule has 11 nitrogen and oxygen atoms in total. The fraction of sp³-hybridized carbons (Fsp3) is 0.375. The third kappa shape index (κ3) is 3.18. The zero-order valence-electron chi connectivity index (χ0n) is 15.3. The largest absolute Gasteiger partial charge is 0.463 e. The van der Waals surface area contributed by atoms with Gasteiger partial charge in [-0.15, -0.1) is 0 Å². The summed E-state index contributed by atoms with van der Waals surface area (Å²) in [5, 5.41) is 26.1. The normalized spacial score (nSPS) is 15.8. The van der Waals surface area contributed by atoms with Crippen LogP contribution in [0.2, 0.25) is 0 Å². The number of allylic oxidation sites excluding steroid dienone is 1. The summed E-state index contributed by atoms with van der Waals surface area (Å²) in [7, 11) is 3.58. The molecule has 3 rings (SSSR count). The molecule has 2 heterocycles. The number of tetrazole rings is 1. The second-order valence-corrected chi connectivity index (χ2v) is 6.13. The molecule has 0 saturated carbocycles. The summed E-state index contributed by atoms with van der Waals surface area (Å²) >= 11 is 0. The van der Waals surface area contributed by atoms with E-state index in [0.717, 1.165) is 0 Å². The lowest BCUT2D eigenvalue weighted by Crippen LogP contribution is -2.30. The molecule has 2 aromatic rings. The third-order valence-electron chi connectivity index (χ3n) is 4.23. The summed E-state index contributed by atoms with van der Waals surface area (Å²) in [5.41, 5.74) is 1.52. The first-order valence-corrected chi connectivity index (χ1v) is 8.23. The van der Waals surface area contributed by atoms with Crippen molar-refractivity contribution in [1.82, 2.24) is 20.2 Å². The van der Waals surface area contributed by atoms with Crippen molar-refractivity contribution in [3.63, 3.8) is 0 Å². The first-order chi connectivity index (χ1) is 12.8. The van der Waals surface area contributed by atoms with E-state index in [4.69, 9.17) is 4.74 Å². The second-order valence-electron chi connectivity index (χ2n) is 6.13. The minimum Gasteiger partial charge on any atom is -0.463 e. The lowest BCUT2D eigenvalue weighted by atomic mass is 9.94. The van der Waals surface area contributed by atoms with Gasteiger partial charge < -0.3 is 15.0 Å². The number of anilines is 2. The maximum absolute atomic E-state index is 12.6. The molecule has 1 unspecified atom stereocenters. The van der Waals surface area contributed by atoms with Crippen molar-refractivity contribution < 1.29 is 14.5 Å². The third-order valence-corrected chi connectivity index (χ3v) is 4.23. The van der Waals surface area contributed by atoms with Crippen molar-refractivity contribution in [2.75, 3.05) is 30.9 Å². The smallest absolute Gasteiger partial charge is 0.338 e. The van der Waals surface area contributed by atoms with E-state index in [-0.39, 0.29) is 23.8 Å². The highest BCUT2D eigenvalue weighted by molar-refractivity contribution is 5.92. The van der Waals surface area contributed by atoms with E-state index in [0.29, 0.717) is 16.9 Å². The summed E-state index contributed by atoms with van der Waals surface area (Å²) in [6.07, 6.45) is 0. The SMILES string of the molecule is CCOC(=O)C1=C(C)Nc2nnnn2C1c1ccc(N(C)C)cc1[N+](=O)[O-]. The van der Waals surface area contributed by atoms with Crippen molar-refractivity contribution in [3.05, 3.63) is 45.1 Å². The van der Waals surface area contributed by atoms with Gasteiger partial charge in [0.05, 0.1) is 22.7 Å². The zero-order chi connectivity index (χ0) is 19.7. The second kappa shape index (κ2) is 7.02. The van der Waals surface area contributed by atoms with Crippen LogP contribution in [0.3, 0.4) is 0 Å². The average molecular weight is 373 g/mol. The minimum absolute atomic E-state index is 0.135. The minimum atomic E-state index is -0.882. The van der Waals surface area contributed by atoms with E-state index in [1.807, 2.05) is 0 Å². The van der Waals surface area contributed by atoms with Crippen LogP contribution in [-0.4, -0.2) is 51.8 Å². The van der Waals surface area contributed by atoms with E-state index >= 15 is 0 Å². The van der Waals surface area contributed by atoms with Crippen LogP contribution in [0.1, 0.15) is 25.5 Å². The number of rotatable bonds is 5. The van der Waals surface area contributed by atoms with Gasteiger partial charge in [-0.2, -0.15) is 4.68 Å². The topological polar surface area (TPSA) is 128 Å². The Balaban J connectivity index is 2.23. The molecule has 11 heteroatoms. The molecule has 0 saturated heterocycles. The van der Waals surface area contributed by atoms with Crippen molar-refractivity contribution in [2.24, 2.45) is 0 Å². The molecule has 1 atom stereocenters. The Kier molecular flexibility index (Phi) is 4.75. The Morgan fingerprint density at radius 3 is 2.81 bits per heavy atom. The van der Waals surface area contributed by atoms with Crippen LogP contribution in [-0.2, 0) is 9.53 Å². The van der Waals surface area contributed by atoms with Gasteiger partial charge in [-0.25, -0.2) is 4.79 Å². The van der Waals surface area contributed by atoms with Gasteiger partial charge in [0.1, 0.15) is 6.04 Å². The van der Waals surface area contributed by atoms with Gasteiger partial charge in [-0.3, -0.25) is 10.1 Å². The predicted molar refractivity (Wildman–Crippen MR) is 96.3 cm³/mol. The molecule has 1 N–H and O–H groups in total. The number of nitrogens with one attached hydrogen (secondary N) is 1. The maximum Gasteiger partial charge on any atom is 0.338 e. The van der Waals surface area contributed by atoms with Crippen molar-refractivity contribution in [3.8, 4) is 0 Å². The Morgan fingerprint density at radius 2 is 2.19 bits per heavy atom. The molecule has 1 aliphatic rings. The number of esters is 1. The molecule has 0 bridgehead atoms. The number of benzene rings is 1. The van der Waals surface area contributed by atoms with E-state index in [1.165, 1.54) is 10.7 Å². The van der Waals surface area contributed by atoms with E-state index < -0.39 is 16.9 Å². The van der Waals surface area contributed by atoms with E-state index in [9.17, 15) is 14.9 Å². The van der Waals surface area contributed by atoms with Gasteiger partial charge in [-0.05, 0) is 36.4 Å². The van der Waals surface area contributed by atoms with Crippen molar-refractivity contribution in [2.45, 2.75) is 19.9 Å². The molecule has 0 aliphatic carbocycles. The van der Waals surface area contributed by atoms with Crippen molar-refractivity contribution >= 4 is 23.3 Å². The first kappa shape index (κ1) is 18.3. The van der Waals surface area contributed by atoms with Crippen LogP contribution in [0.5, 0.6) is 0 Å². The molecule has 0 fully saturated rings. The Morgan fingerprint density at radius 1 is 1.44 bits per heavy atom.